The summed E-state index contributed by atoms with van der Waals surface area (Å²) in [5.74, 6) is -0.218. The van der Waals surface area contributed by atoms with Gasteiger partial charge in [-0.05, 0) is 30.3 Å². The molecule has 0 N–H and O–H groups in total. The van der Waals surface area contributed by atoms with Crippen molar-refractivity contribution in [1.82, 2.24) is 9.88 Å². The second-order valence-corrected chi connectivity index (χ2v) is 5.72. The lowest BCUT2D eigenvalue weighted by Crippen LogP contribution is -2.17. The minimum absolute atomic E-state index is 0.218. The van der Waals surface area contributed by atoms with Crippen LogP contribution >= 0.6 is 0 Å². The molecule has 0 radical (unpaired) electrons. The Bertz CT molecular complexity index is 771. The maximum atomic E-state index is 13.9. The number of pyridine rings is 1. The number of hydrogen-bond acceptors (Lipinski definition) is 2. The number of rotatable bonds is 5. The van der Waals surface area contributed by atoms with Gasteiger partial charge >= 0.3 is 0 Å². The van der Waals surface area contributed by atoms with E-state index in [9.17, 15) is 4.39 Å². The molecule has 0 aliphatic carbocycles. The third-order valence-corrected chi connectivity index (χ3v) is 3.73. The molecular formula is C20H19FN2. The smallest absolute Gasteiger partial charge is 0.131 e. The molecule has 2 aromatic carbocycles. The first kappa shape index (κ1) is 15.4. The highest BCUT2D eigenvalue weighted by Crippen LogP contribution is 2.23. The predicted octanol–water partition coefficient (Wildman–Crippen LogP) is 4.52. The zero-order chi connectivity index (χ0) is 16.1. The Kier molecular flexibility index (Phi) is 4.79. The summed E-state index contributed by atoms with van der Waals surface area (Å²) < 4.78 is 13.9. The molecule has 0 fully saturated rings. The summed E-state index contributed by atoms with van der Waals surface area (Å²) in [6.07, 6.45) is 3.55. The molecule has 0 unspecified atom stereocenters. The summed E-state index contributed by atoms with van der Waals surface area (Å²) >= 11 is 0. The van der Waals surface area contributed by atoms with Gasteiger partial charge < -0.3 is 0 Å². The molecular weight excluding hydrogens is 287 g/mol. The van der Waals surface area contributed by atoms with E-state index in [2.05, 4.69) is 29.1 Å². The number of halogens is 1. The van der Waals surface area contributed by atoms with E-state index >= 15 is 0 Å². The van der Waals surface area contributed by atoms with E-state index in [0.29, 0.717) is 5.56 Å². The second-order valence-electron chi connectivity index (χ2n) is 5.72. The van der Waals surface area contributed by atoms with E-state index in [4.69, 9.17) is 0 Å². The summed E-state index contributed by atoms with van der Waals surface area (Å²) in [4.78, 5) is 6.49. The van der Waals surface area contributed by atoms with Crippen molar-refractivity contribution in [1.29, 1.82) is 0 Å². The molecule has 0 saturated heterocycles. The Morgan fingerprint density at radius 3 is 2.35 bits per heavy atom. The summed E-state index contributed by atoms with van der Waals surface area (Å²) in [6.45, 7) is 1.63. The first-order valence-electron chi connectivity index (χ1n) is 7.63. The predicted molar refractivity (Wildman–Crippen MR) is 91.2 cm³/mol. The molecule has 0 atom stereocenters. The van der Waals surface area contributed by atoms with Crippen LogP contribution < -0.4 is 0 Å². The quantitative estimate of drug-likeness (QED) is 0.689. The van der Waals surface area contributed by atoms with Gasteiger partial charge in [0, 0.05) is 36.6 Å². The van der Waals surface area contributed by atoms with Crippen molar-refractivity contribution in [3.63, 3.8) is 0 Å². The maximum absolute atomic E-state index is 13.9. The lowest BCUT2D eigenvalue weighted by atomic mass is 10.1. The molecule has 1 heterocycles. The number of hydrogen-bond donors (Lipinski definition) is 0. The number of nitrogens with zero attached hydrogens (tertiary/aromatic N) is 2. The van der Waals surface area contributed by atoms with Crippen LogP contribution in [0.1, 0.15) is 11.1 Å². The van der Waals surface area contributed by atoms with Crippen LogP contribution in [0, 0.1) is 5.82 Å². The molecule has 0 aliphatic rings. The summed E-state index contributed by atoms with van der Waals surface area (Å²) in [5, 5.41) is 0. The second kappa shape index (κ2) is 7.16. The summed E-state index contributed by atoms with van der Waals surface area (Å²) in [7, 11) is 2.07. The van der Waals surface area contributed by atoms with Crippen LogP contribution in [0.2, 0.25) is 0 Å². The normalized spacial score (nSPS) is 10.9. The van der Waals surface area contributed by atoms with Gasteiger partial charge in [-0.2, -0.15) is 0 Å². The van der Waals surface area contributed by atoms with Crippen molar-refractivity contribution < 1.29 is 4.39 Å². The molecule has 3 aromatic rings. The standard InChI is InChI=1S/C20H19FN2/c1-23(14-16-7-3-2-4-8-16)15-17-11-18(13-22-12-17)19-9-5-6-10-20(19)21/h2-13H,14-15H2,1H3. The zero-order valence-electron chi connectivity index (χ0n) is 13.1. The van der Waals surface area contributed by atoms with Crippen LogP contribution in [0.3, 0.4) is 0 Å². The van der Waals surface area contributed by atoms with Crippen LogP contribution in [0.25, 0.3) is 11.1 Å². The molecule has 3 rings (SSSR count). The fourth-order valence-electron chi connectivity index (χ4n) is 2.68. The average Bonchev–Trinajstić information content (AvgIpc) is 2.56. The van der Waals surface area contributed by atoms with Gasteiger partial charge in [-0.3, -0.25) is 9.88 Å². The third-order valence-electron chi connectivity index (χ3n) is 3.73. The van der Waals surface area contributed by atoms with E-state index in [1.165, 1.54) is 11.6 Å². The molecule has 0 bridgehead atoms. The monoisotopic (exact) mass is 306 g/mol. The fourth-order valence-corrected chi connectivity index (χ4v) is 2.68. The highest BCUT2D eigenvalue weighted by atomic mass is 19.1. The fraction of sp³-hybridized carbons (Fsp3) is 0.150. The third kappa shape index (κ3) is 4.02. The molecule has 0 amide bonds. The van der Waals surface area contributed by atoms with Gasteiger partial charge in [0.1, 0.15) is 5.82 Å². The van der Waals surface area contributed by atoms with Crippen LogP contribution in [0.15, 0.2) is 73.1 Å². The van der Waals surface area contributed by atoms with Crippen molar-refractivity contribution in [2.75, 3.05) is 7.05 Å². The topological polar surface area (TPSA) is 16.1 Å². The molecule has 1 aromatic heterocycles. The SMILES string of the molecule is CN(Cc1ccccc1)Cc1cncc(-c2ccccc2F)c1. The Labute approximate surface area is 136 Å². The molecule has 116 valence electrons. The first-order valence-corrected chi connectivity index (χ1v) is 7.63. The Morgan fingerprint density at radius 2 is 1.57 bits per heavy atom. The lowest BCUT2D eigenvalue weighted by Gasteiger charge is -2.17. The van der Waals surface area contributed by atoms with E-state index in [1.54, 1.807) is 18.3 Å². The van der Waals surface area contributed by atoms with Crippen molar-refractivity contribution in [3.8, 4) is 11.1 Å². The molecule has 0 saturated carbocycles. The van der Waals surface area contributed by atoms with Gasteiger partial charge in [0.25, 0.3) is 0 Å². The van der Waals surface area contributed by atoms with E-state index < -0.39 is 0 Å². The molecule has 0 spiro atoms. The number of benzene rings is 2. The van der Waals surface area contributed by atoms with Crippen LogP contribution in [0.4, 0.5) is 4.39 Å². The minimum Gasteiger partial charge on any atom is -0.298 e. The first-order chi connectivity index (χ1) is 11.2. The van der Waals surface area contributed by atoms with Gasteiger partial charge in [0.05, 0.1) is 0 Å². The average molecular weight is 306 g/mol. The van der Waals surface area contributed by atoms with E-state index in [-0.39, 0.29) is 5.82 Å². The minimum atomic E-state index is -0.218. The van der Waals surface area contributed by atoms with Crippen molar-refractivity contribution >= 4 is 0 Å². The van der Waals surface area contributed by atoms with E-state index in [1.807, 2.05) is 36.5 Å². The highest BCUT2D eigenvalue weighted by molar-refractivity contribution is 5.63. The van der Waals surface area contributed by atoms with Crippen LogP contribution in [0.5, 0.6) is 0 Å². The summed E-state index contributed by atoms with van der Waals surface area (Å²) in [5.41, 5.74) is 3.75. The van der Waals surface area contributed by atoms with Gasteiger partial charge in [0.2, 0.25) is 0 Å². The van der Waals surface area contributed by atoms with E-state index in [0.717, 1.165) is 24.2 Å². The van der Waals surface area contributed by atoms with Gasteiger partial charge in [-0.1, -0.05) is 48.5 Å². The van der Waals surface area contributed by atoms with Gasteiger partial charge in [-0.25, -0.2) is 4.39 Å². The van der Waals surface area contributed by atoms with Crippen LogP contribution in [-0.2, 0) is 13.1 Å². The Morgan fingerprint density at radius 1 is 0.870 bits per heavy atom. The van der Waals surface area contributed by atoms with Gasteiger partial charge in [0.15, 0.2) is 0 Å². The number of aromatic nitrogens is 1. The largest absolute Gasteiger partial charge is 0.298 e. The van der Waals surface area contributed by atoms with Crippen molar-refractivity contribution in [2.45, 2.75) is 13.1 Å². The molecule has 3 heteroatoms. The van der Waals surface area contributed by atoms with Gasteiger partial charge in [-0.15, -0.1) is 0 Å². The van der Waals surface area contributed by atoms with Crippen molar-refractivity contribution in [3.05, 3.63) is 90.0 Å². The van der Waals surface area contributed by atoms with Crippen LogP contribution in [-0.4, -0.2) is 16.9 Å². The lowest BCUT2D eigenvalue weighted by molar-refractivity contribution is 0.319. The van der Waals surface area contributed by atoms with Crippen molar-refractivity contribution in [2.24, 2.45) is 0 Å². The molecule has 2 nitrogen and oxygen atoms in total. The highest BCUT2D eigenvalue weighted by Gasteiger charge is 2.07. The summed E-state index contributed by atoms with van der Waals surface area (Å²) in [6, 6.07) is 19.1. The Balaban J connectivity index is 1.74. The Hall–Kier alpha value is -2.52. The molecule has 0 aliphatic heterocycles. The maximum Gasteiger partial charge on any atom is 0.131 e. The molecule has 23 heavy (non-hydrogen) atoms. The zero-order valence-corrected chi connectivity index (χ0v) is 13.1.